The topological polar surface area (TPSA) is 41.1 Å². The van der Waals surface area contributed by atoms with Gasteiger partial charge in [-0.15, -0.1) is 0 Å². The van der Waals surface area contributed by atoms with E-state index in [0.717, 1.165) is 11.4 Å². The van der Waals surface area contributed by atoms with Crippen LogP contribution in [0.1, 0.15) is 25.3 Å². The van der Waals surface area contributed by atoms with Crippen LogP contribution in [0.5, 0.6) is 0 Å². The molecule has 0 heterocycles. The maximum atomic E-state index is 11.9. The van der Waals surface area contributed by atoms with Crippen molar-refractivity contribution < 1.29 is 4.79 Å². The highest BCUT2D eigenvalue weighted by Crippen LogP contribution is 2.18. The van der Waals surface area contributed by atoms with E-state index in [1.165, 1.54) is 5.56 Å². The van der Waals surface area contributed by atoms with Gasteiger partial charge < -0.3 is 10.6 Å². The van der Waals surface area contributed by atoms with Gasteiger partial charge in [-0.3, -0.25) is 4.79 Å². The highest BCUT2D eigenvalue weighted by atomic mass is 35.5. The molecule has 21 heavy (non-hydrogen) atoms. The summed E-state index contributed by atoms with van der Waals surface area (Å²) < 4.78 is 0. The Balaban J connectivity index is 1.89. The molecule has 0 saturated carbocycles. The molecule has 0 aliphatic rings. The molecule has 0 spiro atoms. The van der Waals surface area contributed by atoms with Crippen LogP contribution in [0.4, 0.5) is 11.4 Å². The Morgan fingerprint density at radius 1 is 1.10 bits per heavy atom. The second-order valence-electron chi connectivity index (χ2n) is 5.19. The molecule has 0 atom stereocenters. The summed E-state index contributed by atoms with van der Waals surface area (Å²) in [6.45, 7) is 4.52. The first-order valence-electron chi connectivity index (χ1n) is 6.94. The standard InChI is InChI=1S/C17H19ClN2O/c1-12(2)13-4-3-5-16(10-13)19-11-17(21)20-15-8-6-14(18)7-9-15/h3-10,12,19H,11H2,1-2H3,(H,20,21). The minimum absolute atomic E-state index is 0.0905. The van der Waals surface area contributed by atoms with Crippen LogP contribution in [0, 0.1) is 0 Å². The first-order chi connectivity index (χ1) is 10.0. The summed E-state index contributed by atoms with van der Waals surface area (Å²) in [7, 11) is 0. The second kappa shape index (κ2) is 7.14. The summed E-state index contributed by atoms with van der Waals surface area (Å²) in [5.41, 5.74) is 2.94. The van der Waals surface area contributed by atoms with Gasteiger partial charge in [-0.2, -0.15) is 0 Å². The lowest BCUT2D eigenvalue weighted by Gasteiger charge is -2.10. The number of nitrogens with one attached hydrogen (secondary N) is 2. The van der Waals surface area contributed by atoms with Crippen molar-refractivity contribution in [3.63, 3.8) is 0 Å². The number of amides is 1. The van der Waals surface area contributed by atoms with E-state index in [-0.39, 0.29) is 12.5 Å². The zero-order valence-corrected chi connectivity index (χ0v) is 12.9. The Morgan fingerprint density at radius 2 is 1.81 bits per heavy atom. The summed E-state index contributed by atoms with van der Waals surface area (Å²) in [4.78, 5) is 11.9. The van der Waals surface area contributed by atoms with E-state index in [0.29, 0.717) is 10.9 Å². The van der Waals surface area contributed by atoms with Crippen molar-refractivity contribution in [1.29, 1.82) is 0 Å². The van der Waals surface area contributed by atoms with Crippen LogP contribution in [0.3, 0.4) is 0 Å². The Labute approximate surface area is 130 Å². The van der Waals surface area contributed by atoms with E-state index in [1.54, 1.807) is 24.3 Å². The third-order valence-corrected chi connectivity index (χ3v) is 3.39. The number of hydrogen-bond donors (Lipinski definition) is 2. The average molecular weight is 303 g/mol. The second-order valence-corrected chi connectivity index (χ2v) is 5.63. The predicted octanol–water partition coefficient (Wildman–Crippen LogP) is 4.51. The molecule has 2 N–H and O–H groups in total. The van der Waals surface area contributed by atoms with Gasteiger partial charge in [0.25, 0.3) is 0 Å². The third kappa shape index (κ3) is 4.80. The third-order valence-electron chi connectivity index (χ3n) is 3.13. The monoisotopic (exact) mass is 302 g/mol. The molecule has 0 radical (unpaired) electrons. The smallest absolute Gasteiger partial charge is 0.243 e. The van der Waals surface area contributed by atoms with Crippen LogP contribution < -0.4 is 10.6 Å². The Kier molecular flexibility index (Phi) is 5.23. The fraction of sp³-hybridized carbons (Fsp3) is 0.235. The molecule has 0 aromatic heterocycles. The van der Waals surface area contributed by atoms with Crippen LogP contribution in [0.2, 0.25) is 5.02 Å². The first kappa shape index (κ1) is 15.4. The molecule has 2 aromatic rings. The van der Waals surface area contributed by atoms with Gasteiger partial charge in [-0.25, -0.2) is 0 Å². The molecule has 0 saturated heterocycles. The molecule has 2 rings (SSSR count). The number of benzene rings is 2. The Morgan fingerprint density at radius 3 is 2.48 bits per heavy atom. The Hall–Kier alpha value is -2.00. The lowest BCUT2D eigenvalue weighted by atomic mass is 10.0. The maximum Gasteiger partial charge on any atom is 0.243 e. The van der Waals surface area contributed by atoms with E-state index in [1.807, 2.05) is 12.1 Å². The molecule has 1 amide bonds. The molecule has 3 nitrogen and oxygen atoms in total. The van der Waals surface area contributed by atoms with E-state index >= 15 is 0 Å². The fourth-order valence-corrected chi connectivity index (χ4v) is 2.05. The van der Waals surface area contributed by atoms with Crippen LogP contribution in [0.25, 0.3) is 0 Å². The molecule has 2 aromatic carbocycles. The number of anilines is 2. The largest absolute Gasteiger partial charge is 0.376 e. The van der Waals surface area contributed by atoms with E-state index in [4.69, 9.17) is 11.6 Å². The molecular formula is C17H19ClN2O. The number of rotatable bonds is 5. The maximum absolute atomic E-state index is 11.9. The van der Waals surface area contributed by atoms with E-state index < -0.39 is 0 Å². The normalized spacial score (nSPS) is 10.5. The van der Waals surface area contributed by atoms with Crippen molar-refractivity contribution in [3.8, 4) is 0 Å². The van der Waals surface area contributed by atoms with Gasteiger partial charge in [0.15, 0.2) is 0 Å². The summed E-state index contributed by atoms with van der Waals surface area (Å²) in [5.74, 6) is 0.377. The molecular weight excluding hydrogens is 284 g/mol. The summed E-state index contributed by atoms with van der Waals surface area (Å²) in [5, 5.41) is 6.60. The van der Waals surface area contributed by atoms with E-state index in [9.17, 15) is 4.79 Å². The summed E-state index contributed by atoms with van der Waals surface area (Å²) >= 11 is 5.80. The number of hydrogen-bond acceptors (Lipinski definition) is 2. The van der Waals surface area contributed by atoms with Crippen LogP contribution in [0.15, 0.2) is 48.5 Å². The highest BCUT2D eigenvalue weighted by Gasteiger charge is 2.04. The SMILES string of the molecule is CC(C)c1cccc(NCC(=O)Nc2ccc(Cl)cc2)c1. The number of carbonyl (C=O) groups is 1. The van der Waals surface area contributed by atoms with Crippen molar-refractivity contribution >= 4 is 28.9 Å². The van der Waals surface area contributed by atoms with Gasteiger partial charge in [0, 0.05) is 16.4 Å². The van der Waals surface area contributed by atoms with Crippen molar-refractivity contribution in [1.82, 2.24) is 0 Å². The first-order valence-corrected chi connectivity index (χ1v) is 7.31. The van der Waals surface area contributed by atoms with Gasteiger partial charge >= 0.3 is 0 Å². The summed E-state index contributed by atoms with van der Waals surface area (Å²) in [6, 6.07) is 15.2. The molecule has 0 unspecified atom stereocenters. The van der Waals surface area contributed by atoms with E-state index in [2.05, 4.69) is 36.6 Å². The zero-order chi connectivity index (χ0) is 15.2. The van der Waals surface area contributed by atoms with Gasteiger partial charge in [0.2, 0.25) is 5.91 Å². The van der Waals surface area contributed by atoms with Crippen LogP contribution in [-0.4, -0.2) is 12.5 Å². The highest BCUT2D eigenvalue weighted by molar-refractivity contribution is 6.30. The molecule has 110 valence electrons. The molecule has 0 bridgehead atoms. The minimum Gasteiger partial charge on any atom is -0.376 e. The lowest BCUT2D eigenvalue weighted by molar-refractivity contribution is -0.114. The predicted molar refractivity (Wildman–Crippen MR) is 89.1 cm³/mol. The lowest BCUT2D eigenvalue weighted by Crippen LogP contribution is -2.21. The average Bonchev–Trinajstić information content (AvgIpc) is 2.48. The molecule has 4 heteroatoms. The van der Waals surface area contributed by atoms with Gasteiger partial charge in [0.05, 0.1) is 6.54 Å². The fourth-order valence-electron chi connectivity index (χ4n) is 1.93. The number of halogens is 1. The summed E-state index contributed by atoms with van der Waals surface area (Å²) in [6.07, 6.45) is 0. The van der Waals surface area contributed by atoms with Crippen molar-refractivity contribution in [2.75, 3.05) is 17.2 Å². The molecule has 0 aliphatic carbocycles. The Bertz CT molecular complexity index is 608. The van der Waals surface area contributed by atoms with Gasteiger partial charge in [-0.1, -0.05) is 37.6 Å². The quantitative estimate of drug-likeness (QED) is 0.853. The molecule has 0 aliphatic heterocycles. The minimum atomic E-state index is -0.0905. The van der Waals surface area contributed by atoms with Gasteiger partial charge in [-0.05, 0) is 47.9 Å². The van der Waals surface area contributed by atoms with Crippen molar-refractivity contribution in [2.45, 2.75) is 19.8 Å². The van der Waals surface area contributed by atoms with Crippen LogP contribution >= 0.6 is 11.6 Å². The van der Waals surface area contributed by atoms with Crippen LogP contribution in [-0.2, 0) is 4.79 Å². The van der Waals surface area contributed by atoms with Gasteiger partial charge in [0.1, 0.15) is 0 Å². The molecule has 0 fully saturated rings. The van der Waals surface area contributed by atoms with Crippen molar-refractivity contribution in [2.24, 2.45) is 0 Å². The number of carbonyl (C=O) groups excluding carboxylic acids is 1. The van der Waals surface area contributed by atoms with Crippen molar-refractivity contribution in [3.05, 3.63) is 59.1 Å². The zero-order valence-electron chi connectivity index (χ0n) is 12.2.